The number of aryl methyl sites for hydroxylation is 1. The molecule has 6 nitrogen and oxygen atoms in total. The van der Waals surface area contributed by atoms with Gasteiger partial charge in [0, 0.05) is 66.5 Å². The lowest BCUT2D eigenvalue weighted by Crippen LogP contribution is -2.03. The molecule has 204 valence electrons. The molecule has 3 rings (SSSR count). The van der Waals surface area contributed by atoms with E-state index < -0.39 is 0 Å². The quantitative estimate of drug-likeness (QED) is 0.232. The number of nitrogens with one attached hydrogen (secondary N) is 1. The number of aliphatic imine (C=N–C) groups is 3. The van der Waals surface area contributed by atoms with Gasteiger partial charge < -0.3 is 10.1 Å². The summed E-state index contributed by atoms with van der Waals surface area (Å²) in [4.78, 5) is 25.9. The van der Waals surface area contributed by atoms with E-state index in [2.05, 4.69) is 50.9 Å². The minimum absolute atomic E-state index is 0.167. The largest absolute Gasteiger partial charge is 0.346 e. The van der Waals surface area contributed by atoms with Crippen molar-refractivity contribution in [3.8, 4) is 0 Å². The molecule has 0 saturated carbocycles. The van der Waals surface area contributed by atoms with Crippen molar-refractivity contribution in [1.82, 2.24) is 4.98 Å². The first-order chi connectivity index (χ1) is 18.8. The lowest BCUT2D eigenvalue weighted by molar-refractivity contribution is -0.114. The molecule has 1 aromatic heterocycles. The van der Waals surface area contributed by atoms with Crippen LogP contribution in [0.25, 0.3) is 11.1 Å². The second-order valence-electron chi connectivity index (χ2n) is 8.29. The zero-order valence-electron chi connectivity index (χ0n) is 23.6. The topological polar surface area (TPSA) is 79.1 Å². The van der Waals surface area contributed by atoms with Crippen LogP contribution in [0.2, 0.25) is 5.02 Å². The molecule has 0 aliphatic rings. The first-order valence-corrected chi connectivity index (χ1v) is 12.9. The van der Waals surface area contributed by atoms with Gasteiger partial charge in [-0.2, -0.15) is 0 Å². The van der Waals surface area contributed by atoms with Crippen molar-refractivity contribution in [3.63, 3.8) is 0 Å². The van der Waals surface area contributed by atoms with Gasteiger partial charge in [-0.1, -0.05) is 49.4 Å². The number of hydrogen-bond acceptors (Lipinski definition) is 5. The van der Waals surface area contributed by atoms with Gasteiger partial charge in [-0.3, -0.25) is 15.0 Å². The predicted octanol–water partition coefficient (Wildman–Crippen LogP) is 7.87. The molecule has 1 N–H and O–H groups in total. The van der Waals surface area contributed by atoms with E-state index in [0.717, 1.165) is 40.1 Å². The highest BCUT2D eigenvalue weighted by Crippen LogP contribution is 2.27. The van der Waals surface area contributed by atoms with Gasteiger partial charge in [-0.15, -0.1) is 0 Å². The van der Waals surface area contributed by atoms with Crippen molar-refractivity contribution in [1.29, 1.82) is 0 Å². The molecule has 0 spiro atoms. The summed E-state index contributed by atoms with van der Waals surface area (Å²) >= 11 is 6.00. The van der Waals surface area contributed by atoms with Gasteiger partial charge in [-0.25, -0.2) is 4.99 Å². The van der Waals surface area contributed by atoms with Gasteiger partial charge in [-0.05, 0) is 80.3 Å². The molecular weight excluding hydrogens is 506 g/mol. The molecule has 1 heterocycles. The molecule has 0 aliphatic carbocycles. The number of rotatable bonds is 8. The lowest BCUT2D eigenvalue weighted by atomic mass is 9.93. The molecule has 0 unspecified atom stereocenters. The van der Waals surface area contributed by atoms with Crippen LogP contribution < -0.4 is 5.32 Å². The molecule has 3 aromatic rings. The number of nitrogens with zero attached hydrogens (tertiary/aromatic N) is 4. The Balaban J connectivity index is 0.000000378. The van der Waals surface area contributed by atoms with E-state index in [1.807, 2.05) is 61.7 Å². The molecule has 0 radical (unpaired) electrons. The van der Waals surface area contributed by atoms with E-state index in [1.54, 1.807) is 32.8 Å². The average Bonchev–Trinajstić information content (AvgIpc) is 2.94. The fourth-order valence-electron chi connectivity index (χ4n) is 3.23. The minimum Gasteiger partial charge on any atom is -0.346 e. The first-order valence-electron chi connectivity index (χ1n) is 12.5. The van der Waals surface area contributed by atoms with Crippen LogP contribution in [0.4, 0.5) is 5.69 Å². The molecule has 0 saturated heterocycles. The second kappa shape index (κ2) is 19.0. The summed E-state index contributed by atoms with van der Waals surface area (Å²) in [7, 11) is 3.55. The number of benzene rings is 2. The maximum atomic E-state index is 9.44. The van der Waals surface area contributed by atoms with Crippen LogP contribution in [0.3, 0.4) is 0 Å². The molecule has 7 heteroatoms. The van der Waals surface area contributed by atoms with Gasteiger partial charge >= 0.3 is 0 Å². The summed E-state index contributed by atoms with van der Waals surface area (Å²) in [6.07, 6.45) is 9.59. The van der Waals surface area contributed by atoms with Crippen LogP contribution in [0.1, 0.15) is 44.4 Å². The van der Waals surface area contributed by atoms with Gasteiger partial charge in [0.1, 0.15) is 5.78 Å². The Hall–Kier alpha value is -4.16. The average molecular weight is 544 g/mol. The number of anilines is 1. The Morgan fingerprint density at radius 1 is 0.949 bits per heavy atom. The van der Waals surface area contributed by atoms with Crippen LogP contribution in [0, 0.1) is 0 Å². The Bertz CT molecular complexity index is 1270. The predicted molar refractivity (Wildman–Crippen MR) is 170 cm³/mol. The fraction of sp³-hybridized carbons (Fsp3) is 0.219. The molecule has 0 fully saturated rings. The van der Waals surface area contributed by atoms with Gasteiger partial charge in [0.2, 0.25) is 0 Å². The molecule has 39 heavy (non-hydrogen) atoms. The maximum Gasteiger partial charge on any atom is 0.126 e. The Morgan fingerprint density at radius 2 is 1.54 bits per heavy atom. The number of pyridine rings is 1. The van der Waals surface area contributed by atoms with Crippen LogP contribution in [0.15, 0.2) is 101 Å². The fourth-order valence-corrected chi connectivity index (χ4v) is 3.36. The number of ketones is 1. The first kappa shape index (κ1) is 32.9. The zero-order valence-corrected chi connectivity index (χ0v) is 24.4. The van der Waals surface area contributed by atoms with Crippen molar-refractivity contribution in [3.05, 3.63) is 108 Å². The van der Waals surface area contributed by atoms with E-state index in [4.69, 9.17) is 11.6 Å². The highest BCUT2D eigenvalue weighted by molar-refractivity contribution is 6.38. The monoisotopic (exact) mass is 543 g/mol. The smallest absolute Gasteiger partial charge is 0.126 e. The summed E-state index contributed by atoms with van der Waals surface area (Å²) in [5.41, 5.74) is 7.48. The Labute approximate surface area is 238 Å². The Kier molecular flexibility index (Phi) is 16.0. The number of Topliss-reactive ketones (excluding diaryl/α,β-unsaturated/α-hetero) is 1. The van der Waals surface area contributed by atoms with E-state index >= 15 is 0 Å². The summed E-state index contributed by atoms with van der Waals surface area (Å²) in [5.74, 6) is 0.167. The molecule has 0 atom stereocenters. The van der Waals surface area contributed by atoms with Crippen molar-refractivity contribution in [2.45, 2.75) is 34.1 Å². The molecule has 0 bridgehead atoms. The van der Waals surface area contributed by atoms with Crippen molar-refractivity contribution in [2.75, 3.05) is 19.4 Å². The zero-order chi connectivity index (χ0) is 29.0. The normalized spacial score (nSPS) is 11.6. The number of carbonyl (C=O) groups excluding carboxylic acids is 1. The van der Waals surface area contributed by atoms with E-state index in [1.165, 1.54) is 25.6 Å². The van der Waals surface area contributed by atoms with Crippen molar-refractivity contribution in [2.24, 2.45) is 15.0 Å². The number of hydrogen-bond donors (Lipinski definition) is 1. The number of carbonyl (C=O) groups is 1. The molecule has 0 aliphatic heterocycles. The highest BCUT2D eigenvalue weighted by atomic mass is 35.5. The van der Waals surface area contributed by atoms with Crippen LogP contribution in [-0.2, 0) is 11.2 Å². The summed E-state index contributed by atoms with van der Waals surface area (Å²) in [5, 5.41) is 3.74. The number of aromatic nitrogens is 1. The molecule has 0 amide bonds. The van der Waals surface area contributed by atoms with E-state index in [9.17, 15) is 4.79 Å². The van der Waals surface area contributed by atoms with Crippen LogP contribution in [0.5, 0.6) is 0 Å². The summed E-state index contributed by atoms with van der Waals surface area (Å²) in [6.45, 7) is 10.7. The summed E-state index contributed by atoms with van der Waals surface area (Å²) < 4.78 is 0. The minimum atomic E-state index is 0.167. The second-order valence-corrected chi connectivity index (χ2v) is 8.73. The van der Waals surface area contributed by atoms with Gasteiger partial charge in [0.25, 0.3) is 0 Å². The van der Waals surface area contributed by atoms with Crippen molar-refractivity contribution < 1.29 is 4.79 Å². The number of allylic oxidation sites excluding steroid dienone is 2. The third-order valence-corrected chi connectivity index (χ3v) is 5.37. The van der Waals surface area contributed by atoms with Crippen molar-refractivity contribution >= 4 is 52.5 Å². The Morgan fingerprint density at radius 3 is 2.03 bits per heavy atom. The standard InChI is InChI=1S/C18H18ClN3.C11H14N2.C3H6O/c1-13(21-3)18(15-8-10-22-11-9-15)17(12-20-2)14-4-6-16(19)7-5-14;1-3-10-5-7-11(8-6-10)13-9-12-4-2;1-3(2)4/h4-12H,1-3H3;4-9H,2-3H2,1H3,(H,12,13);1-2H3/b18-17-,20-12?,21-13?;;. The van der Waals surface area contributed by atoms with Crippen LogP contribution in [-0.4, -0.2) is 43.1 Å². The lowest BCUT2D eigenvalue weighted by Gasteiger charge is -2.13. The van der Waals surface area contributed by atoms with Crippen LogP contribution >= 0.6 is 11.6 Å². The number of halogens is 1. The third-order valence-electron chi connectivity index (χ3n) is 5.12. The van der Waals surface area contributed by atoms with E-state index in [-0.39, 0.29) is 5.78 Å². The van der Waals surface area contributed by atoms with Gasteiger partial charge in [0.05, 0.1) is 6.34 Å². The highest BCUT2D eigenvalue weighted by Gasteiger charge is 2.13. The SMILES string of the molecule is C=CN=CNc1ccc(CC)cc1.CC(C)=O.CN=C/C(=C(\C(C)=NC)c1ccncc1)c1ccc(Cl)cc1. The van der Waals surface area contributed by atoms with E-state index in [0.29, 0.717) is 5.02 Å². The maximum absolute atomic E-state index is 9.44. The third kappa shape index (κ3) is 12.8. The molecular formula is C32H38ClN5O. The van der Waals surface area contributed by atoms with Gasteiger partial charge in [0.15, 0.2) is 0 Å². The summed E-state index contributed by atoms with van der Waals surface area (Å²) in [6, 6.07) is 20.0. The molecule has 2 aromatic carbocycles.